The van der Waals surface area contributed by atoms with Gasteiger partial charge in [-0.05, 0) is 58.1 Å². The van der Waals surface area contributed by atoms with E-state index >= 15 is 0 Å². The van der Waals surface area contributed by atoms with E-state index in [1.165, 1.54) is 0 Å². The predicted molar refractivity (Wildman–Crippen MR) is 158 cm³/mol. The van der Waals surface area contributed by atoms with E-state index in [1.54, 1.807) is 18.0 Å². The second kappa shape index (κ2) is 13.3. The predicted octanol–water partition coefficient (Wildman–Crippen LogP) is 4.68. The number of likely N-dealkylation sites (tertiary alicyclic amines) is 1. The van der Waals surface area contributed by atoms with Gasteiger partial charge in [0.25, 0.3) is 0 Å². The number of fused-ring (bicyclic) bond motifs is 1. The lowest BCUT2D eigenvalue weighted by molar-refractivity contribution is 0.0162. The third-order valence-corrected chi connectivity index (χ3v) is 7.20. The Kier molecular flexibility index (Phi) is 9.85. The molecule has 2 atom stereocenters. The van der Waals surface area contributed by atoms with E-state index in [9.17, 15) is 9.90 Å². The summed E-state index contributed by atoms with van der Waals surface area (Å²) in [5, 5.41) is 17.5. The van der Waals surface area contributed by atoms with Crippen LogP contribution in [0.5, 0.6) is 5.75 Å². The number of hydrogen-bond donors (Lipinski definition) is 3. The molecule has 0 aliphatic carbocycles. The summed E-state index contributed by atoms with van der Waals surface area (Å²) in [7, 11) is 1.62. The second-order valence-electron chi connectivity index (χ2n) is 11.6. The number of aliphatic hydroxyl groups excluding tert-OH is 1. The quantitative estimate of drug-likeness (QED) is 0.314. The number of amides is 1. The Balaban J connectivity index is 1.65. The van der Waals surface area contributed by atoms with Crippen LogP contribution in [-0.2, 0) is 11.3 Å². The molecule has 0 radical (unpaired) electrons. The average molecular weight is 569 g/mol. The number of carbonyl (C=O) groups is 1. The lowest BCUT2D eigenvalue weighted by Gasteiger charge is -2.32. The van der Waals surface area contributed by atoms with E-state index in [1.807, 2.05) is 37.9 Å². The lowest BCUT2D eigenvalue weighted by atomic mass is 10.0. The number of rotatable bonds is 10. The van der Waals surface area contributed by atoms with Gasteiger partial charge in [-0.3, -0.25) is 9.67 Å². The third-order valence-electron chi connectivity index (χ3n) is 7.20. The number of hydrogen-bond acceptors (Lipinski definition) is 10. The molecular weight excluding hydrogens is 524 g/mol. The van der Waals surface area contributed by atoms with Gasteiger partial charge in [0.1, 0.15) is 28.1 Å². The van der Waals surface area contributed by atoms with E-state index in [0.717, 1.165) is 44.1 Å². The number of anilines is 2. The second-order valence-corrected chi connectivity index (χ2v) is 11.6. The zero-order valence-corrected chi connectivity index (χ0v) is 24.9. The topological polar surface area (TPSA) is 154 Å². The number of nitrogens with one attached hydrogen (secondary N) is 1. The highest BCUT2D eigenvalue weighted by Crippen LogP contribution is 2.34. The zero-order chi connectivity index (χ0) is 29.6. The maximum atomic E-state index is 13.1. The highest BCUT2D eigenvalue weighted by Gasteiger charge is 2.31. The number of carbonyl (C=O) groups excluding carboxylic acids is 1. The summed E-state index contributed by atoms with van der Waals surface area (Å²) < 4.78 is 13.3. The fourth-order valence-corrected chi connectivity index (χ4v) is 5.33. The monoisotopic (exact) mass is 568 g/mol. The van der Waals surface area contributed by atoms with Crippen molar-refractivity contribution >= 4 is 28.9 Å². The Bertz CT molecular complexity index is 1320. The molecule has 12 nitrogen and oxygen atoms in total. The molecule has 0 aromatic carbocycles. The van der Waals surface area contributed by atoms with Crippen LogP contribution in [-0.4, -0.2) is 72.7 Å². The van der Waals surface area contributed by atoms with E-state index in [0.29, 0.717) is 47.8 Å². The van der Waals surface area contributed by atoms with Crippen LogP contribution in [0.15, 0.2) is 18.5 Å². The van der Waals surface area contributed by atoms with E-state index in [2.05, 4.69) is 27.3 Å². The van der Waals surface area contributed by atoms with Crippen LogP contribution >= 0.6 is 0 Å². The minimum absolute atomic E-state index is 0.0327. The minimum Gasteiger partial charge on any atom is -0.495 e. The van der Waals surface area contributed by atoms with Crippen molar-refractivity contribution in [1.82, 2.24) is 29.6 Å². The molecule has 0 bridgehead atoms. The number of pyridine rings is 1. The summed E-state index contributed by atoms with van der Waals surface area (Å²) in [4.78, 5) is 28.6. The van der Waals surface area contributed by atoms with Crippen LogP contribution in [0.1, 0.15) is 89.9 Å². The van der Waals surface area contributed by atoms with Gasteiger partial charge in [0, 0.05) is 25.4 Å². The first kappa shape index (κ1) is 30.3. The molecular formula is C29H44N8O4. The summed E-state index contributed by atoms with van der Waals surface area (Å²) in [5.74, 6) is 1.32. The Labute approximate surface area is 241 Å². The number of ether oxygens (including phenoxy) is 2. The highest BCUT2D eigenvalue weighted by atomic mass is 16.6. The molecule has 41 heavy (non-hydrogen) atoms. The van der Waals surface area contributed by atoms with Crippen LogP contribution in [0.4, 0.5) is 16.6 Å². The summed E-state index contributed by atoms with van der Waals surface area (Å²) >= 11 is 0. The number of methoxy groups -OCH3 is 1. The number of nitrogens with zero attached hydrogens (tertiary/aromatic N) is 6. The first-order chi connectivity index (χ1) is 19.6. The van der Waals surface area contributed by atoms with E-state index in [-0.39, 0.29) is 30.7 Å². The van der Waals surface area contributed by atoms with Gasteiger partial charge in [-0.15, -0.1) is 0 Å². The standard InChI is InChI=1S/C29H44N8O4/c1-6-10-20(12-14-38)33-26-25-21(34-27(30)35-26)17-32-37(25)18-22-24(40-5)15-19(16-31-22)23-11-8-7-9-13-36(23)28(39)41-29(2,3)4/h15-17,20,23,38H,6-14,18H2,1-5H3,(H3,30,33,34,35)/t20-,23?/m0/s1. The van der Waals surface area contributed by atoms with Gasteiger partial charge in [-0.2, -0.15) is 10.1 Å². The molecule has 1 unspecified atom stereocenters. The lowest BCUT2D eigenvalue weighted by Crippen LogP contribution is -2.39. The minimum atomic E-state index is -0.572. The van der Waals surface area contributed by atoms with Gasteiger partial charge in [0.15, 0.2) is 5.82 Å². The highest BCUT2D eigenvalue weighted by molar-refractivity contribution is 5.86. The molecule has 3 aromatic rings. The van der Waals surface area contributed by atoms with Gasteiger partial charge in [0.05, 0.1) is 25.9 Å². The Morgan fingerprint density at radius 1 is 1.22 bits per heavy atom. The van der Waals surface area contributed by atoms with Gasteiger partial charge < -0.3 is 30.5 Å². The van der Waals surface area contributed by atoms with Crippen molar-refractivity contribution in [1.29, 1.82) is 0 Å². The Hall–Kier alpha value is -3.67. The molecule has 1 amide bonds. The van der Waals surface area contributed by atoms with Crippen LogP contribution in [0, 0.1) is 0 Å². The Morgan fingerprint density at radius 3 is 2.73 bits per heavy atom. The van der Waals surface area contributed by atoms with Crippen LogP contribution in [0.3, 0.4) is 0 Å². The van der Waals surface area contributed by atoms with Gasteiger partial charge in [0.2, 0.25) is 5.95 Å². The molecule has 0 spiro atoms. The molecule has 224 valence electrons. The normalized spacial score (nSPS) is 16.8. The van der Waals surface area contributed by atoms with E-state index < -0.39 is 5.60 Å². The smallest absolute Gasteiger partial charge is 0.410 e. The van der Waals surface area contributed by atoms with Gasteiger partial charge in [-0.25, -0.2) is 9.78 Å². The van der Waals surface area contributed by atoms with Gasteiger partial charge in [-0.1, -0.05) is 26.2 Å². The molecule has 4 N–H and O–H groups in total. The fraction of sp³-hybridized carbons (Fsp3) is 0.621. The van der Waals surface area contributed by atoms with Crippen LogP contribution < -0.4 is 15.8 Å². The number of aromatic nitrogens is 5. The summed E-state index contributed by atoms with van der Waals surface area (Å²) in [6, 6.07) is 1.85. The SMILES string of the molecule is CCC[C@@H](CCO)Nc1nc(N)nc2cnn(Cc3ncc(C4CCCCCN4C(=O)OC(C)(C)C)cc3OC)c12. The van der Waals surface area contributed by atoms with Crippen molar-refractivity contribution in [3.05, 3.63) is 29.7 Å². The molecule has 4 rings (SSSR count). The van der Waals surface area contributed by atoms with Crippen molar-refractivity contribution < 1.29 is 19.4 Å². The van der Waals surface area contributed by atoms with E-state index in [4.69, 9.17) is 20.2 Å². The summed E-state index contributed by atoms with van der Waals surface area (Å²) in [5.41, 5.74) is 8.34. The molecule has 1 aliphatic heterocycles. The van der Waals surface area contributed by atoms with Crippen molar-refractivity contribution in [2.24, 2.45) is 0 Å². The zero-order valence-electron chi connectivity index (χ0n) is 24.9. The first-order valence-electron chi connectivity index (χ1n) is 14.5. The van der Waals surface area contributed by atoms with Crippen molar-refractivity contribution in [3.63, 3.8) is 0 Å². The van der Waals surface area contributed by atoms with Gasteiger partial charge >= 0.3 is 6.09 Å². The molecule has 3 aromatic heterocycles. The molecule has 4 heterocycles. The molecule has 1 fully saturated rings. The largest absolute Gasteiger partial charge is 0.495 e. The maximum Gasteiger partial charge on any atom is 0.410 e. The summed E-state index contributed by atoms with van der Waals surface area (Å²) in [6.07, 6.45) is 9.43. The summed E-state index contributed by atoms with van der Waals surface area (Å²) in [6.45, 7) is 8.77. The molecule has 1 aliphatic rings. The number of aliphatic hydroxyl groups is 1. The number of nitrogen functional groups attached to an aromatic ring is 1. The third kappa shape index (κ3) is 7.55. The molecule has 12 heteroatoms. The number of nitrogens with two attached hydrogens (primary N) is 1. The van der Waals surface area contributed by atoms with Crippen molar-refractivity contribution in [3.8, 4) is 5.75 Å². The fourth-order valence-electron chi connectivity index (χ4n) is 5.33. The first-order valence-corrected chi connectivity index (χ1v) is 14.5. The van der Waals surface area contributed by atoms with Crippen LogP contribution in [0.2, 0.25) is 0 Å². The van der Waals surface area contributed by atoms with Crippen molar-refractivity contribution in [2.45, 2.75) is 96.9 Å². The Morgan fingerprint density at radius 2 is 2.02 bits per heavy atom. The maximum absolute atomic E-state index is 13.1. The average Bonchev–Trinajstić information content (AvgIpc) is 3.14. The molecule has 0 saturated carbocycles. The van der Waals surface area contributed by atoms with Crippen molar-refractivity contribution in [2.75, 3.05) is 31.3 Å². The molecule has 1 saturated heterocycles. The van der Waals surface area contributed by atoms with Crippen LogP contribution in [0.25, 0.3) is 11.0 Å².